The molecule has 0 aromatic rings. The topological polar surface area (TPSA) is 41.6 Å². The fourth-order valence-corrected chi connectivity index (χ4v) is 1.78. The quantitative estimate of drug-likeness (QED) is 0.718. The molecule has 1 aliphatic heterocycles. The van der Waals surface area contributed by atoms with Crippen molar-refractivity contribution in [3.63, 3.8) is 0 Å². The average Bonchev–Trinajstić information content (AvgIpc) is 2.47. The Bertz CT molecular complexity index is 235. The molecule has 0 unspecified atom stereocenters. The van der Waals surface area contributed by atoms with E-state index in [9.17, 15) is 4.79 Å². The molecule has 0 aromatic heterocycles. The summed E-state index contributed by atoms with van der Waals surface area (Å²) in [6.45, 7) is 9.62. The highest BCUT2D eigenvalue weighted by Crippen LogP contribution is 2.17. The normalized spacial score (nSPS) is 26.5. The van der Waals surface area contributed by atoms with Crippen LogP contribution in [0.1, 0.15) is 27.7 Å². The summed E-state index contributed by atoms with van der Waals surface area (Å²) < 4.78 is 5.32. The predicted octanol–water partition coefficient (Wildman–Crippen LogP) is 1.46. The highest BCUT2D eigenvalue weighted by molar-refractivity contribution is 5.68. The van der Waals surface area contributed by atoms with Crippen molar-refractivity contribution in [1.29, 1.82) is 0 Å². The Kier molecular flexibility index (Phi) is 3.60. The first-order chi connectivity index (χ1) is 6.81. The van der Waals surface area contributed by atoms with Crippen molar-refractivity contribution in [3.05, 3.63) is 0 Å². The van der Waals surface area contributed by atoms with Gasteiger partial charge in [0.15, 0.2) is 0 Å². The van der Waals surface area contributed by atoms with Gasteiger partial charge >= 0.3 is 6.09 Å². The molecule has 0 spiro atoms. The molecule has 0 bridgehead atoms. The van der Waals surface area contributed by atoms with Crippen LogP contribution in [0.15, 0.2) is 0 Å². The van der Waals surface area contributed by atoms with E-state index in [1.807, 2.05) is 27.8 Å². The third-order valence-electron chi connectivity index (χ3n) is 2.66. The predicted molar refractivity (Wildman–Crippen MR) is 59.8 cm³/mol. The number of carbonyl (C=O) groups excluding carboxylic acids is 1. The third kappa shape index (κ3) is 3.38. The fourth-order valence-electron chi connectivity index (χ4n) is 1.78. The van der Waals surface area contributed by atoms with E-state index in [0.717, 1.165) is 13.1 Å². The SMILES string of the molecule is C[C@H]1CNC[C@H]1N(C)C(=O)OC(C)(C)C. The smallest absolute Gasteiger partial charge is 0.410 e. The van der Waals surface area contributed by atoms with Crippen LogP contribution in [0.3, 0.4) is 0 Å². The minimum Gasteiger partial charge on any atom is -0.444 e. The molecule has 4 nitrogen and oxygen atoms in total. The highest BCUT2D eigenvalue weighted by atomic mass is 16.6. The minimum atomic E-state index is -0.416. The number of ether oxygens (including phenoxy) is 1. The monoisotopic (exact) mass is 214 g/mol. The van der Waals surface area contributed by atoms with E-state index in [1.54, 1.807) is 4.90 Å². The van der Waals surface area contributed by atoms with Crippen LogP contribution in [0.5, 0.6) is 0 Å². The van der Waals surface area contributed by atoms with Gasteiger partial charge in [-0.1, -0.05) is 6.92 Å². The summed E-state index contributed by atoms with van der Waals surface area (Å²) in [5.41, 5.74) is -0.416. The van der Waals surface area contributed by atoms with E-state index in [-0.39, 0.29) is 12.1 Å². The lowest BCUT2D eigenvalue weighted by molar-refractivity contribution is 0.0207. The number of hydrogen-bond acceptors (Lipinski definition) is 3. The molecule has 4 heteroatoms. The third-order valence-corrected chi connectivity index (χ3v) is 2.66. The Morgan fingerprint density at radius 2 is 2.00 bits per heavy atom. The van der Waals surface area contributed by atoms with Gasteiger partial charge in [-0.15, -0.1) is 0 Å². The molecule has 1 heterocycles. The maximum Gasteiger partial charge on any atom is 0.410 e. The van der Waals surface area contributed by atoms with Crippen LogP contribution >= 0.6 is 0 Å². The van der Waals surface area contributed by atoms with Crippen LogP contribution in [-0.4, -0.2) is 42.8 Å². The largest absolute Gasteiger partial charge is 0.444 e. The second-order valence-corrected chi connectivity index (χ2v) is 5.29. The second kappa shape index (κ2) is 4.39. The molecule has 0 saturated carbocycles. The van der Waals surface area contributed by atoms with E-state index < -0.39 is 5.60 Å². The Labute approximate surface area is 92.0 Å². The summed E-state index contributed by atoms with van der Waals surface area (Å²) in [5.74, 6) is 0.488. The molecular formula is C11H22N2O2. The van der Waals surface area contributed by atoms with Crippen LogP contribution in [-0.2, 0) is 4.74 Å². The number of rotatable bonds is 1. The first-order valence-corrected chi connectivity index (χ1v) is 5.48. The molecular weight excluding hydrogens is 192 g/mol. The Hall–Kier alpha value is -0.770. The minimum absolute atomic E-state index is 0.233. The summed E-state index contributed by atoms with van der Waals surface area (Å²) in [6, 6.07) is 0.250. The number of likely N-dealkylation sites (N-methyl/N-ethyl adjacent to an activating group) is 1. The van der Waals surface area contributed by atoms with Gasteiger partial charge in [-0.2, -0.15) is 0 Å². The Balaban J connectivity index is 2.52. The molecule has 1 rings (SSSR count). The van der Waals surface area contributed by atoms with E-state index >= 15 is 0 Å². The molecule has 2 atom stereocenters. The molecule has 88 valence electrons. The van der Waals surface area contributed by atoms with Crippen molar-refractivity contribution < 1.29 is 9.53 Å². The van der Waals surface area contributed by atoms with E-state index in [0.29, 0.717) is 5.92 Å². The molecule has 1 aliphatic rings. The van der Waals surface area contributed by atoms with Gasteiger partial charge in [-0.25, -0.2) is 4.79 Å². The maximum absolute atomic E-state index is 11.8. The van der Waals surface area contributed by atoms with Crippen LogP contribution < -0.4 is 5.32 Å². The lowest BCUT2D eigenvalue weighted by Gasteiger charge is -2.30. The van der Waals surface area contributed by atoms with Crippen LogP contribution in [0, 0.1) is 5.92 Å². The zero-order chi connectivity index (χ0) is 11.6. The summed E-state index contributed by atoms with van der Waals surface area (Å²) >= 11 is 0. The Morgan fingerprint density at radius 3 is 2.40 bits per heavy atom. The first kappa shape index (κ1) is 12.3. The molecule has 0 radical (unpaired) electrons. The van der Waals surface area contributed by atoms with Gasteiger partial charge in [-0.05, 0) is 33.2 Å². The van der Waals surface area contributed by atoms with E-state index in [1.165, 1.54) is 0 Å². The second-order valence-electron chi connectivity index (χ2n) is 5.29. The van der Waals surface area contributed by atoms with Crippen LogP contribution in [0.25, 0.3) is 0 Å². The number of nitrogens with zero attached hydrogens (tertiary/aromatic N) is 1. The molecule has 1 amide bonds. The van der Waals surface area contributed by atoms with Gasteiger partial charge in [-0.3, -0.25) is 0 Å². The molecule has 15 heavy (non-hydrogen) atoms. The van der Waals surface area contributed by atoms with Gasteiger partial charge in [0.1, 0.15) is 5.60 Å². The van der Waals surface area contributed by atoms with Gasteiger partial charge in [0.25, 0.3) is 0 Å². The lowest BCUT2D eigenvalue weighted by Crippen LogP contribution is -2.44. The number of hydrogen-bond donors (Lipinski definition) is 1. The van der Waals surface area contributed by atoms with Crippen molar-refractivity contribution in [2.45, 2.75) is 39.3 Å². The lowest BCUT2D eigenvalue weighted by atomic mass is 10.1. The molecule has 1 saturated heterocycles. The number of carbonyl (C=O) groups is 1. The zero-order valence-corrected chi connectivity index (χ0v) is 10.3. The average molecular weight is 214 g/mol. The highest BCUT2D eigenvalue weighted by Gasteiger charge is 2.31. The zero-order valence-electron chi connectivity index (χ0n) is 10.3. The maximum atomic E-state index is 11.8. The summed E-state index contributed by atoms with van der Waals surface area (Å²) in [4.78, 5) is 13.5. The van der Waals surface area contributed by atoms with Crippen molar-refractivity contribution in [3.8, 4) is 0 Å². The number of amides is 1. The van der Waals surface area contributed by atoms with Gasteiger partial charge < -0.3 is 15.0 Å². The van der Waals surface area contributed by atoms with Crippen molar-refractivity contribution in [2.24, 2.45) is 5.92 Å². The van der Waals surface area contributed by atoms with E-state index in [4.69, 9.17) is 4.74 Å². The van der Waals surface area contributed by atoms with Crippen molar-refractivity contribution in [1.82, 2.24) is 10.2 Å². The summed E-state index contributed by atoms with van der Waals surface area (Å²) in [7, 11) is 1.81. The van der Waals surface area contributed by atoms with Crippen LogP contribution in [0.4, 0.5) is 4.79 Å². The summed E-state index contributed by atoms with van der Waals surface area (Å²) in [6.07, 6.45) is -0.233. The molecule has 1 N–H and O–H groups in total. The van der Waals surface area contributed by atoms with Gasteiger partial charge in [0, 0.05) is 13.6 Å². The molecule has 1 fully saturated rings. The number of nitrogens with one attached hydrogen (secondary N) is 1. The van der Waals surface area contributed by atoms with Crippen molar-refractivity contribution in [2.75, 3.05) is 20.1 Å². The summed E-state index contributed by atoms with van der Waals surface area (Å²) in [5, 5.41) is 3.27. The van der Waals surface area contributed by atoms with Gasteiger partial charge in [0.2, 0.25) is 0 Å². The Morgan fingerprint density at radius 1 is 1.40 bits per heavy atom. The van der Waals surface area contributed by atoms with Gasteiger partial charge in [0.05, 0.1) is 6.04 Å². The van der Waals surface area contributed by atoms with Crippen LogP contribution in [0.2, 0.25) is 0 Å². The molecule has 0 aromatic carbocycles. The standard InChI is InChI=1S/C11H22N2O2/c1-8-6-12-7-9(8)13(5)10(14)15-11(2,3)4/h8-9,12H,6-7H2,1-5H3/t8-,9+/m0/s1. The van der Waals surface area contributed by atoms with Crippen molar-refractivity contribution >= 4 is 6.09 Å². The molecule has 0 aliphatic carbocycles. The fraction of sp³-hybridized carbons (Fsp3) is 0.909. The van der Waals surface area contributed by atoms with E-state index in [2.05, 4.69) is 12.2 Å². The first-order valence-electron chi connectivity index (χ1n) is 5.48.